The number of aliphatic carboxylic acids is 2. The Kier molecular flexibility index (Phi) is 10.3. The van der Waals surface area contributed by atoms with Crippen molar-refractivity contribution in [2.45, 2.75) is 53.4 Å². The number of rotatable bonds is 8. The lowest BCUT2D eigenvalue weighted by Crippen LogP contribution is -2.26. The van der Waals surface area contributed by atoms with Crippen LogP contribution in [0.2, 0.25) is 0 Å². The summed E-state index contributed by atoms with van der Waals surface area (Å²) in [6, 6.07) is 9.98. The molecule has 3 aromatic rings. The fourth-order valence-corrected chi connectivity index (χ4v) is 5.25. The Labute approximate surface area is 259 Å². The first-order valence-corrected chi connectivity index (χ1v) is 14.4. The molecular formula is C33H37N5O7. The number of carboxylic acid groups (broad SMARTS) is 2. The van der Waals surface area contributed by atoms with Crippen LogP contribution in [0.3, 0.4) is 0 Å². The number of carbonyl (C=O) groups excluding carboxylic acids is 1. The highest BCUT2D eigenvalue weighted by Crippen LogP contribution is 2.34. The summed E-state index contributed by atoms with van der Waals surface area (Å²) in [5.41, 5.74) is 12.4. The Morgan fingerprint density at radius 2 is 1.47 bits per heavy atom. The minimum atomic E-state index is -0.868. The number of aliphatic hydroxyl groups excluding tert-OH is 2. The van der Waals surface area contributed by atoms with Gasteiger partial charge in [-0.3, -0.25) is 14.4 Å². The van der Waals surface area contributed by atoms with Crippen molar-refractivity contribution >= 4 is 62.7 Å². The van der Waals surface area contributed by atoms with Gasteiger partial charge in [0, 0.05) is 34.9 Å². The molecule has 8 bridgehead atoms. The highest BCUT2D eigenvalue weighted by Gasteiger charge is 2.19. The molecule has 2 aliphatic heterocycles. The Hall–Kier alpha value is -5.07. The van der Waals surface area contributed by atoms with Crippen LogP contribution >= 0.6 is 0 Å². The predicted molar refractivity (Wildman–Crippen MR) is 172 cm³/mol. The van der Waals surface area contributed by atoms with Gasteiger partial charge in [-0.1, -0.05) is 0 Å². The summed E-state index contributed by atoms with van der Waals surface area (Å²) >= 11 is 0. The van der Waals surface area contributed by atoms with Gasteiger partial charge >= 0.3 is 11.9 Å². The number of H-pyrrole nitrogens is 2. The Morgan fingerprint density at radius 3 is 2.11 bits per heavy atom. The number of nitrogens with one attached hydrogen (secondary N) is 3. The zero-order valence-electron chi connectivity index (χ0n) is 25.6. The zero-order chi connectivity index (χ0) is 32.8. The molecule has 1 amide bonds. The molecule has 0 aromatic carbocycles. The number of hydrogen-bond acceptors (Lipinski definition) is 7. The number of aromatic amines is 2. The van der Waals surface area contributed by atoms with Crippen molar-refractivity contribution in [1.29, 1.82) is 0 Å². The quantitative estimate of drug-likeness (QED) is 0.180. The maximum atomic E-state index is 11.4. The number of hydrogen-bond donors (Lipinski definition) is 7. The molecular weight excluding hydrogens is 578 g/mol. The molecule has 12 nitrogen and oxygen atoms in total. The summed E-state index contributed by atoms with van der Waals surface area (Å²) in [6.07, 6.45) is 2.74. The molecule has 0 aliphatic carbocycles. The third-order valence-corrected chi connectivity index (χ3v) is 7.68. The summed E-state index contributed by atoms with van der Waals surface area (Å²) in [5.74, 6) is -2.30. The Balaban J connectivity index is 0.000000591. The summed E-state index contributed by atoms with van der Waals surface area (Å²) in [6.45, 7) is 7.02. The number of amides is 1. The molecule has 0 saturated heterocycles. The topological polar surface area (TPSA) is 202 Å². The van der Waals surface area contributed by atoms with Crippen LogP contribution in [-0.4, -0.2) is 71.5 Å². The van der Waals surface area contributed by atoms with Gasteiger partial charge < -0.3 is 35.7 Å². The average Bonchev–Trinajstić information content (AvgIpc) is 3.67. The van der Waals surface area contributed by atoms with E-state index in [0.717, 1.165) is 72.6 Å². The molecule has 3 aromatic heterocycles. The standard InChI is InChI=1S/C30H30N4O4.C3H7NO3/c1-15-9-20-12-25-17(3)21(5-7-29(35)36)27(33-25)14-28-22(6-8-30(37)38)18(4)26(34-28)13-24-16(2)10-19(32-24)11-23(15)31-20;5-1-3(7)4-2-6/h9-14,31,34H,5-8H2,1-4H3,(H,35,36)(H,37,38);5-6H,1-2H2,(H,4,7). The first-order valence-electron chi connectivity index (χ1n) is 14.4. The number of aryl methyl sites for hydroxylation is 3. The summed E-state index contributed by atoms with van der Waals surface area (Å²) in [5, 5.41) is 36.6. The number of allylic oxidation sites excluding steroid dienone is 3. The van der Waals surface area contributed by atoms with Gasteiger partial charge in [-0.2, -0.15) is 0 Å². The maximum Gasteiger partial charge on any atom is 0.303 e. The van der Waals surface area contributed by atoms with Gasteiger partial charge in [-0.15, -0.1) is 0 Å². The molecule has 0 spiro atoms. The van der Waals surface area contributed by atoms with Gasteiger partial charge in [0.2, 0.25) is 5.91 Å². The Morgan fingerprint density at radius 1 is 0.778 bits per heavy atom. The molecule has 12 heteroatoms. The number of carbonyl (C=O) groups is 3. The molecule has 0 unspecified atom stereocenters. The van der Waals surface area contributed by atoms with E-state index in [-0.39, 0.29) is 12.8 Å². The second kappa shape index (κ2) is 14.1. The van der Waals surface area contributed by atoms with Gasteiger partial charge in [0.25, 0.3) is 0 Å². The lowest BCUT2D eigenvalue weighted by Gasteiger charge is -2.03. The van der Waals surface area contributed by atoms with Crippen LogP contribution in [0.15, 0.2) is 30.3 Å². The van der Waals surface area contributed by atoms with E-state index in [2.05, 4.69) is 16.0 Å². The van der Waals surface area contributed by atoms with Crippen molar-refractivity contribution in [3.63, 3.8) is 0 Å². The Bertz CT molecular complexity index is 1880. The van der Waals surface area contributed by atoms with E-state index < -0.39 is 31.2 Å². The first-order chi connectivity index (χ1) is 21.4. The van der Waals surface area contributed by atoms with E-state index in [0.29, 0.717) is 18.5 Å². The van der Waals surface area contributed by atoms with Crippen LogP contribution in [0.4, 0.5) is 0 Å². The van der Waals surface area contributed by atoms with Gasteiger partial charge in [-0.25, -0.2) is 9.97 Å². The van der Waals surface area contributed by atoms with E-state index in [9.17, 15) is 24.6 Å². The monoisotopic (exact) mass is 615 g/mol. The van der Waals surface area contributed by atoms with Crippen molar-refractivity contribution in [2.75, 3.05) is 13.3 Å². The molecule has 236 valence electrons. The molecule has 0 radical (unpaired) electrons. The van der Waals surface area contributed by atoms with Crippen LogP contribution in [-0.2, 0) is 20.8 Å². The summed E-state index contributed by atoms with van der Waals surface area (Å²) < 4.78 is 0. The van der Waals surface area contributed by atoms with E-state index in [1.165, 1.54) is 0 Å². The number of aromatic nitrogens is 4. The average molecular weight is 616 g/mol. The SMILES string of the molecule is CC1=Cc2cc3[nH]c(cc4nc(cc5[nH]c(cc1n2)c(C)c5CCC(=O)O)C(CCC(=O)O)=C4C)cc3C.O=C(CO)NCO. The van der Waals surface area contributed by atoms with Gasteiger partial charge in [0.05, 0.1) is 22.8 Å². The molecule has 0 fully saturated rings. The molecule has 7 N–H and O–H groups in total. The third kappa shape index (κ3) is 7.91. The minimum absolute atomic E-state index is 0.00160. The van der Waals surface area contributed by atoms with Crippen molar-refractivity contribution < 1.29 is 34.8 Å². The smallest absolute Gasteiger partial charge is 0.303 e. The molecule has 2 aliphatic rings. The minimum Gasteiger partial charge on any atom is -0.481 e. The van der Waals surface area contributed by atoms with Crippen LogP contribution in [0, 0.1) is 13.8 Å². The molecule has 5 heterocycles. The van der Waals surface area contributed by atoms with E-state index in [1.54, 1.807) is 0 Å². The highest BCUT2D eigenvalue weighted by molar-refractivity contribution is 5.94. The van der Waals surface area contributed by atoms with Gasteiger partial charge in [0.1, 0.15) is 13.3 Å². The fraction of sp³-hybridized carbons (Fsp3) is 0.303. The van der Waals surface area contributed by atoms with E-state index in [4.69, 9.17) is 20.2 Å². The highest BCUT2D eigenvalue weighted by atomic mass is 16.4. The van der Waals surface area contributed by atoms with Crippen LogP contribution in [0.1, 0.15) is 72.6 Å². The third-order valence-electron chi connectivity index (χ3n) is 7.68. The van der Waals surface area contributed by atoms with Crippen molar-refractivity contribution in [3.8, 4) is 0 Å². The van der Waals surface area contributed by atoms with E-state index in [1.807, 2.05) is 63.4 Å². The van der Waals surface area contributed by atoms with Gasteiger partial charge in [-0.05, 0) is 110 Å². The first kappa shape index (κ1) is 32.8. The van der Waals surface area contributed by atoms with Crippen LogP contribution in [0.5, 0.6) is 0 Å². The number of carboxylic acids is 2. The van der Waals surface area contributed by atoms with Crippen molar-refractivity contribution in [3.05, 3.63) is 69.8 Å². The number of aliphatic hydroxyl groups is 2. The van der Waals surface area contributed by atoms with Crippen LogP contribution in [0.25, 0.3) is 44.9 Å². The second-order valence-corrected chi connectivity index (χ2v) is 10.9. The normalized spacial score (nSPS) is 12.4. The molecule has 0 saturated carbocycles. The van der Waals surface area contributed by atoms with Crippen molar-refractivity contribution in [1.82, 2.24) is 25.3 Å². The second-order valence-electron chi connectivity index (χ2n) is 10.9. The van der Waals surface area contributed by atoms with Gasteiger partial charge in [0.15, 0.2) is 0 Å². The number of fused-ring (bicyclic) bond motifs is 8. The molecule has 5 rings (SSSR count). The largest absolute Gasteiger partial charge is 0.481 e. The zero-order valence-corrected chi connectivity index (χ0v) is 25.6. The molecule has 0 atom stereocenters. The van der Waals surface area contributed by atoms with Crippen molar-refractivity contribution in [2.24, 2.45) is 0 Å². The fourth-order valence-electron chi connectivity index (χ4n) is 5.25. The maximum absolute atomic E-state index is 11.4. The van der Waals surface area contributed by atoms with E-state index >= 15 is 0 Å². The summed E-state index contributed by atoms with van der Waals surface area (Å²) in [7, 11) is 0. The lowest BCUT2D eigenvalue weighted by molar-refractivity contribution is -0.137. The molecule has 45 heavy (non-hydrogen) atoms. The number of nitrogens with zero attached hydrogens (tertiary/aromatic N) is 2. The lowest BCUT2D eigenvalue weighted by atomic mass is 10.0. The summed E-state index contributed by atoms with van der Waals surface area (Å²) in [4.78, 5) is 49.4. The predicted octanol–water partition coefficient (Wildman–Crippen LogP) is 4.35. The van der Waals surface area contributed by atoms with Crippen LogP contribution < -0.4 is 5.32 Å².